The summed E-state index contributed by atoms with van der Waals surface area (Å²) in [5.41, 5.74) is 2.03. The van der Waals surface area contributed by atoms with Crippen LogP contribution in [0.1, 0.15) is 5.56 Å². The van der Waals surface area contributed by atoms with Crippen molar-refractivity contribution < 1.29 is 14.3 Å². The fourth-order valence-corrected chi connectivity index (χ4v) is 3.28. The molecule has 0 spiro atoms. The highest BCUT2D eigenvalue weighted by atomic mass is 16.6. The molecule has 2 aromatic carbocycles. The largest absolute Gasteiger partial charge is 0.486 e. The van der Waals surface area contributed by atoms with E-state index in [-0.39, 0.29) is 6.03 Å². The van der Waals surface area contributed by atoms with Crippen LogP contribution >= 0.6 is 0 Å². The molecule has 2 aromatic rings. The first-order valence-corrected chi connectivity index (χ1v) is 9.00. The quantitative estimate of drug-likeness (QED) is 0.922. The smallest absolute Gasteiger partial charge is 0.321 e. The van der Waals surface area contributed by atoms with E-state index in [4.69, 9.17) is 9.47 Å². The number of urea groups is 1. The molecule has 0 saturated carbocycles. The van der Waals surface area contributed by atoms with Crippen molar-refractivity contribution in [3.8, 4) is 11.5 Å². The molecule has 2 amide bonds. The zero-order valence-corrected chi connectivity index (χ0v) is 14.7. The number of carbonyl (C=O) groups excluding carboxylic acids is 1. The van der Waals surface area contributed by atoms with Gasteiger partial charge in [0.05, 0.1) is 0 Å². The predicted molar refractivity (Wildman–Crippen MR) is 99.7 cm³/mol. The molecule has 1 saturated heterocycles. The topological polar surface area (TPSA) is 54.0 Å². The molecule has 2 aliphatic rings. The minimum Gasteiger partial charge on any atom is -0.486 e. The zero-order valence-electron chi connectivity index (χ0n) is 14.7. The van der Waals surface area contributed by atoms with Crippen LogP contribution in [0.15, 0.2) is 48.5 Å². The summed E-state index contributed by atoms with van der Waals surface area (Å²) in [7, 11) is 0. The van der Waals surface area contributed by atoms with E-state index in [0.717, 1.165) is 49.9 Å². The highest BCUT2D eigenvalue weighted by Crippen LogP contribution is 2.31. The van der Waals surface area contributed by atoms with Crippen LogP contribution in [0.4, 0.5) is 10.5 Å². The molecule has 0 unspecified atom stereocenters. The van der Waals surface area contributed by atoms with Crippen molar-refractivity contribution >= 4 is 11.7 Å². The molecule has 6 nitrogen and oxygen atoms in total. The molecule has 0 aliphatic carbocycles. The van der Waals surface area contributed by atoms with Crippen LogP contribution in [0, 0.1) is 0 Å². The molecular formula is C20H23N3O3. The monoisotopic (exact) mass is 353 g/mol. The molecule has 0 atom stereocenters. The van der Waals surface area contributed by atoms with Crippen LogP contribution in [-0.4, -0.2) is 55.2 Å². The van der Waals surface area contributed by atoms with E-state index in [1.807, 2.05) is 41.3 Å². The van der Waals surface area contributed by atoms with Crippen LogP contribution in [0.2, 0.25) is 0 Å². The number of hydrogen-bond donors (Lipinski definition) is 1. The Morgan fingerprint density at radius 3 is 2.42 bits per heavy atom. The minimum absolute atomic E-state index is 0.0322. The molecule has 2 heterocycles. The van der Waals surface area contributed by atoms with Crippen LogP contribution in [0.5, 0.6) is 11.5 Å². The van der Waals surface area contributed by atoms with Gasteiger partial charge in [0.1, 0.15) is 13.2 Å². The van der Waals surface area contributed by atoms with Gasteiger partial charge in [-0.1, -0.05) is 24.3 Å². The van der Waals surface area contributed by atoms with Gasteiger partial charge in [-0.05, 0) is 29.8 Å². The van der Waals surface area contributed by atoms with Gasteiger partial charge in [-0.3, -0.25) is 4.90 Å². The number of nitrogens with one attached hydrogen (secondary N) is 1. The summed E-state index contributed by atoms with van der Waals surface area (Å²) in [5, 5.41) is 2.95. The third kappa shape index (κ3) is 3.91. The van der Waals surface area contributed by atoms with Crippen molar-refractivity contribution in [3.63, 3.8) is 0 Å². The zero-order chi connectivity index (χ0) is 17.8. The van der Waals surface area contributed by atoms with E-state index < -0.39 is 0 Å². The van der Waals surface area contributed by atoms with Gasteiger partial charge in [-0.15, -0.1) is 0 Å². The molecule has 6 heteroatoms. The Morgan fingerprint density at radius 1 is 0.923 bits per heavy atom. The van der Waals surface area contributed by atoms with Crippen molar-refractivity contribution in [2.45, 2.75) is 6.54 Å². The van der Waals surface area contributed by atoms with Gasteiger partial charge in [0.15, 0.2) is 11.5 Å². The van der Waals surface area contributed by atoms with Crippen molar-refractivity contribution in [3.05, 3.63) is 54.1 Å². The van der Waals surface area contributed by atoms with Gasteiger partial charge in [-0.25, -0.2) is 4.79 Å². The Hall–Kier alpha value is -2.73. The van der Waals surface area contributed by atoms with Gasteiger partial charge < -0.3 is 19.7 Å². The SMILES string of the molecule is O=C(Nc1ccccc1)N1CCN(Cc2ccc3c(c2)OCCO3)CC1. The molecule has 0 radical (unpaired) electrons. The number of carbonyl (C=O) groups is 1. The van der Waals surface area contributed by atoms with Gasteiger partial charge in [0, 0.05) is 38.4 Å². The lowest BCUT2D eigenvalue weighted by Crippen LogP contribution is -2.49. The molecule has 0 bridgehead atoms. The van der Waals surface area contributed by atoms with E-state index in [1.54, 1.807) is 0 Å². The number of nitrogens with zero attached hydrogens (tertiary/aromatic N) is 2. The fraction of sp³-hybridized carbons (Fsp3) is 0.350. The van der Waals surface area contributed by atoms with Gasteiger partial charge >= 0.3 is 6.03 Å². The van der Waals surface area contributed by atoms with E-state index >= 15 is 0 Å². The molecule has 0 aromatic heterocycles. The lowest BCUT2D eigenvalue weighted by molar-refractivity contribution is 0.142. The summed E-state index contributed by atoms with van der Waals surface area (Å²) >= 11 is 0. The Bertz CT molecular complexity index is 758. The second-order valence-electron chi connectivity index (χ2n) is 6.54. The fourth-order valence-electron chi connectivity index (χ4n) is 3.28. The first-order chi connectivity index (χ1) is 12.8. The highest BCUT2D eigenvalue weighted by molar-refractivity contribution is 5.89. The summed E-state index contributed by atoms with van der Waals surface area (Å²) in [6, 6.07) is 15.7. The number of rotatable bonds is 3. The normalized spacial score (nSPS) is 17.0. The lowest BCUT2D eigenvalue weighted by Gasteiger charge is -2.34. The van der Waals surface area contributed by atoms with Crippen molar-refractivity contribution in [2.24, 2.45) is 0 Å². The van der Waals surface area contributed by atoms with E-state index in [0.29, 0.717) is 13.2 Å². The number of ether oxygens (including phenoxy) is 2. The van der Waals surface area contributed by atoms with Crippen molar-refractivity contribution in [2.75, 3.05) is 44.7 Å². The lowest BCUT2D eigenvalue weighted by atomic mass is 10.1. The van der Waals surface area contributed by atoms with E-state index in [1.165, 1.54) is 5.56 Å². The number of piperazine rings is 1. The predicted octanol–water partition coefficient (Wildman–Crippen LogP) is 2.81. The third-order valence-corrected chi connectivity index (χ3v) is 4.70. The molecule has 1 fully saturated rings. The van der Waals surface area contributed by atoms with E-state index in [2.05, 4.69) is 22.3 Å². The van der Waals surface area contributed by atoms with Gasteiger partial charge in [-0.2, -0.15) is 0 Å². The van der Waals surface area contributed by atoms with E-state index in [9.17, 15) is 4.79 Å². The molecule has 26 heavy (non-hydrogen) atoms. The van der Waals surface area contributed by atoms with Crippen molar-refractivity contribution in [1.82, 2.24) is 9.80 Å². The first kappa shape index (κ1) is 16.7. The van der Waals surface area contributed by atoms with Crippen LogP contribution in [-0.2, 0) is 6.54 Å². The summed E-state index contributed by atoms with van der Waals surface area (Å²) in [6.07, 6.45) is 0. The first-order valence-electron chi connectivity index (χ1n) is 9.00. The van der Waals surface area contributed by atoms with Gasteiger partial charge in [0.2, 0.25) is 0 Å². The second kappa shape index (κ2) is 7.66. The number of anilines is 1. The number of fused-ring (bicyclic) bond motifs is 1. The second-order valence-corrected chi connectivity index (χ2v) is 6.54. The van der Waals surface area contributed by atoms with Crippen LogP contribution < -0.4 is 14.8 Å². The number of para-hydroxylation sites is 1. The Labute approximate surface area is 153 Å². The summed E-state index contributed by atoms with van der Waals surface area (Å²) in [6.45, 7) is 5.23. The average molecular weight is 353 g/mol. The third-order valence-electron chi connectivity index (χ3n) is 4.70. The number of hydrogen-bond acceptors (Lipinski definition) is 4. The summed E-state index contributed by atoms with van der Waals surface area (Å²) in [5.74, 6) is 1.65. The Morgan fingerprint density at radius 2 is 1.65 bits per heavy atom. The molecule has 136 valence electrons. The Kier molecular flexibility index (Phi) is 4.93. The van der Waals surface area contributed by atoms with Crippen LogP contribution in [0.3, 0.4) is 0 Å². The maximum Gasteiger partial charge on any atom is 0.321 e. The summed E-state index contributed by atoms with van der Waals surface area (Å²) in [4.78, 5) is 16.6. The highest BCUT2D eigenvalue weighted by Gasteiger charge is 2.21. The molecule has 1 N–H and O–H groups in total. The minimum atomic E-state index is -0.0322. The van der Waals surface area contributed by atoms with Crippen LogP contribution in [0.25, 0.3) is 0 Å². The number of amides is 2. The standard InChI is InChI=1S/C20H23N3O3/c24-20(21-17-4-2-1-3-5-17)23-10-8-22(9-11-23)15-16-6-7-18-19(14-16)26-13-12-25-18/h1-7,14H,8-13,15H2,(H,21,24). The van der Waals surface area contributed by atoms with Gasteiger partial charge in [0.25, 0.3) is 0 Å². The number of benzene rings is 2. The maximum atomic E-state index is 12.4. The van der Waals surface area contributed by atoms with Crippen molar-refractivity contribution in [1.29, 1.82) is 0 Å². The molecular weight excluding hydrogens is 330 g/mol. The maximum absolute atomic E-state index is 12.4. The molecule has 2 aliphatic heterocycles. The summed E-state index contributed by atoms with van der Waals surface area (Å²) < 4.78 is 11.2. The Balaban J connectivity index is 1.29. The molecule has 4 rings (SSSR count). The average Bonchev–Trinajstić information content (AvgIpc) is 2.69.